The fraction of sp³-hybridized carbons (Fsp3) is 0.385. The third-order valence-corrected chi connectivity index (χ3v) is 2.92. The topological polar surface area (TPSA) is 46.3 Å². The van der Waals surface area contributed by atoms with Crippen molar-refractivity contribution in [2.75, 3.05) is 13.1 Å². The molecule has 0 saturated carbocycles. The number of carbonyl (C=O) groups is 1. The molecular formula is C13H17ClN2OS. The van der Waals surface area contributed by atoms with E-state index in [1.165, 1.54) is 0 Å². The number of hydrogen-bond donors (Lipinski definition) is 1. The van der Waals surface area contributed by atoms with Crippen LogP contribution < -0.4 is 5.73 Å². The molecular weight excluding hydrogens is 268 g/mol. The van der Waals surface area contributed by atoms with Gasteiger partial charge >= 0.3 is 0 Å². The molecule has 1 aromatic rings. The quantitative estimate of drug-likeness (QED) is 0.846. The number of aryl methyl sites for hydroxylation is 1. The van der Waals surface area contributed by atoms with Gasteiger partial charge in [0.15, 0.2) is 0 Å². The van der Waals surface area contributed by atoms with Gasteiger partial charge in [0.1, 0.15) is 0 Å². The number of hydrogen-bond acceptors (Lipinski definition) is 2. The van der Waals surface area contributed by atoms with Gasteiger partial charge in [-0.3, -0.25) is 4.79 Å². The molecule has 0 heterocycles. The molecule has 0 saturated heterocycles. The van der Waals surface area contributed by atoms with E-state index in [1.807, 2.05) is 19.9 Å². The third-order valence-electron chi connectivity index (χ3n) is 2.48. The highest BCUT2D eigenvalue weighted by molar-refractivity contribution is 7.80. The molecule has 0 aliphatic rings. The Labute approximate surface area is 118 Å². The Bertz CT molecular complexity index is 462. The highest BCUT2D eigenvalue weighted by Gasteiger charge is 2.18. The first-order valence-electron chi connectivity index (χ1n) is 5.79. The minimum absolute atomic E-state index is 0.130. The van der Waals surface area contributed by atoms with Crippen LogP contribution in [0.2, 0.25) is 5.02 Å². The van der Waals surface area contributed by atoms with Gasteiger partial charge in [0, 0.05) is 6.54 Å². The number of nitrogens with zero attached hydrogens (tertiary/aromatic N) is 1. The number of amides is 1. The van der Waals surface area contributed by atoms with Crippen molar-refractivity contribution in [1.82, 2.24) is 4.90 Å². The number of carbonyl (C=O) groups excluding carboxylic acids is 1. The first kappa shape index (κ1) is 14.9. The van der Waals surface area contributed by atoms with Crippen LogP contribution in [0.1, 0.15) is 29.3 Å². The summed E-state index contributed by atoms with van der Waals surface area (Å²) in [6, 6.07) is 5.38. The highest BCUT2D eigenvalue weighted by atomic mass is 35.5. The van der Waals surface area contributed by atoms with Crippen molar-refractivity contribution in [3.63, 3.8) is 0 Å². The summed E-state index contributed by atoms with van der Waals surface area (Å²) >= 11 is 11.0. The molecule has 0 atom stereocenters. The van der Waals surface area contributed by atoms with Crippen LogP contribution >= 0.6 is 23.8 Å². The Balaban J connectivity index is 2.97. The fourth-order valence-electron chi connectivity index (χ4n) is 1.67. The third kappa shape index (κ3) is 3.96. The molecule has 2 N–H and O–H groups in total. The van der Waals surface area contributed by atoms with E-state index in [1.54, 1.807) is 17.0 Å². The van der Waals surface area contributed by atoms with Crippen LogP contribution in [0.15, 0.2) is 18.2 Å². The molecule has 1 rings (SSSR count). The van der Waals surface area contributed by atoms with Crippen LogP contribution in [0.5, 0.6) is 0 Å². The lowest BCUT2D eigenvalue weighted by molar-refractivity contribution is 0.0780. The van der Waals surface area contributed by atoms with Gasteiger partial charge in [0.25, 0.3) is 5.91 Å². The molecule has 0 aliphatic heterocycles. The average molecular weight is 285 g/mol. The van der Waals surface area contributed by atoms with Gasteiger partial charge < -0.3 is 10.6 Å². The van der Waals surface area contributed by atoms with Gasteiger partial charge in [-0.1, -0.05) is 36.8 Å². The first-order valence-corrected chi connectivity index (χ1v) is 6.58. The van der Waals surface area contributed by atoms with Gasteiger partial charge in [-0.25, -0.2) is 0 Å². The van der Waals surface area contributed by atoms with Crippen molar-refractivity contribution >= 4 is 34.7 Å². The predicted octanol–water partition coefficient (Wildman–Crippen LogP) is 2.79. The standard InChI is InChI=1S/C13H17ClN2OS/c1-3-6-16(8-12(15)18)13(17)10-5-4-9(2)7-11(10)14/h4-5,7H,3,6,8H2,1-2H3,(H2,15,18). The minimum Gasteiger partial charge on any atom is -0.392 e. The molecule has 0 fully saturated rings. The normalized spacial score (nSPS) is 10.2. The molecule has 5 heteroatoms. The molecule has 1 amide bonds. The summed E-state index contributed by atoms with van der Waals surface area (Å²) in [7, 11) is 0. The lowest BCUT2D eigenvalue weighted by atomic mass is 10.1. The SMILES string of the molecule is CCCN(CC(N)=S)C(=O)c1ccc(C)cc1Cl. The summed E-state index contributed by atoms with van der Waals surface area (Å²) in [6.45, 7) is 4.82. The second-order valence-corrected chi connectivity index (χ2v) is 5.11. The van der Waals surface area contributed by atoms with Crippen LogP contribution in [0, 0.1) is 6.92 Å². The number of rotatable bonds is 5. The smallest absolute Gasteiger partial charge is 0.255 e. The second kappa shape index (κ2) is 6.71. The molecule has 3 nitrogen and oxygen atoms in total. The lowest BCUT2D eigenvalue weighted by Gasteiger charge is -2.22. The molecule has 98 valence electrons. The number of nitrogens with two attached hydrogens (primary N) is 1. The van der Waals surface area contributed by atoms with E-state index in [0.717, 1.165) is 12.0 Å². The van der Waals surface area contributed by atoms with Crippen LogP contribution in [0.25, 0.3) is 0 Å². The van der Waals surface area contributed by atoms with E-state index < -0.39 is 0 Å². The summed E-state index contributed by atoms with van der Waals surface area (Å²) < 4.78 is 0. The van der Waals surface area contributed by atoms with E-state index in [9.17, 15) is 4.79 Å². The fourth-order valence-corrected chi connectivity index (χ4v) is 2.15. The zero-order chi connectivity index (χ0) is 13.7. The summed E-state index contributed by atoms with van der Waals surface area (Å²) in [5.74, 6) is -0.130. The lowest BCUT2D eigenvalue weighted by Crippen LogP contribution is -2.38. The molecule has 0 unspecified atom stereocenters. The maximum atomic E-state index is 12.3. The maximum Gasteiger partial charge on any atom is 0.255 e. The van der Waals surface area contributed by atoms with Gasteiger partial charge in [0.2, 0.25) is 0 Å². The maximum absolute atomic E-state index is 12.3. The minimum atomic E-state index is -0.130. The predicted molar refractivity (Wildman–Crippen MR) is 79.2 cm³/mol. The van der Waals surface area contributed by atoms with E-state index in [4.69, 9.17) is 29.6 Å². The van der Waals surface area contributed by atoms with E-state index in [0.29, 0.717) is 22.1 Å². The molecule has 0 bridgehead atoms. The van der Waals surface area contributed by atoms with Gasteiger partial charge in [-0.2, -0.15) is 0 Å². The van der Waals surface area contributed by atoms with E-state index >= 15 is 0 Å². The number of benzene rings is 1. The van der Waals surface area contributed by atoms with Crippen LogP contribution in [0.3, 0.4) is 0 Å². The average Bonchev–Trinajstić information content (AvgIpc) is 2.27. The highest BCUT2D eigenvalue weighted by Crippen LogP contribution is 2.19. The van der Waals surface area contributed by atoms with Gasteiger partial charge in [0.05, 0.1) is 22.1 Å². The van der Waals surface area contributed by atoms with E-state index in [-0.39, 0.29) is 12.5 Å². The van der Waals surface area contributed by atoms with Crippen LogP contribution in [-0.2, 0) is 0 Å². The van der Waals surface area contributed by atoms with Gasteiger partial charge in [-0.15, -0.1) is 0 Å². The zero-order valence-electron chi connectivity index (χ0n) is 10.6. The Kier molecular flexibility index (Phi) is 5.56. The second-order valence-electron chi connectivity index (χ2n) is 4.18. The van der Waals surface area contributed by atoms with Crippen molar-refractivity contribution in [3.8, 4) is 0 Å². The number of thiocarbonyl (C=S) groups is 1. The molecule has 0 aliphatic carbocycles. The molecule has 0 spiro atoms. The summed E-state index contributed by atoms with van der Waals surface area (Å²) in [5, 5.41) is 0.462. The van der Waals surface area contributed by atoms with Gasteiger partial charge in [-0.05, 0) is 31.0 Å². The van der Waals surface area contributed by atoms with E-state index in [2.05, 4.69) is 0 Å². The molecule has 0 radical (unpaired) electrons. The summed E-state index contributed by atoms with van der Waals surface area (Å²) in [6.07, 6.45) is 0.845. The summed E-state index contributed by atoms with van der Waals surface area (Å²) in [5.41, 5.74) is 7.02. The summed E-state index contributed by atoms with van der Waals surface area (Å²) in [4.78, 5) is 14.3. The van der Waals surface area contributed by atoms with Crippen molar-refractivity contribution in [1.29, 1.82) is 0 Å². The molecule has 1 aromatic carbocycles. The van der Waals surface area contributed by atoms with Crippen molar-refractivity contribution < 1.29 is 4.79 Å². The Morgan fingerprint density at radius 1 is 1.50 bits per heavy atom. The van der Waals surface area contributed by atoms with Crippen LogP contribution in [0.4, 0.5) is 0 Å². The van der Waals surface area contributed by atoms with Crippen LogP contribution in [-0.4, -0.2) is 28.9 Å². The first-order chi connectivity index (χ1) is 8.45. The Hall–Kier alpha value is -1.13. The largest absolute Gasteiger partial charge is 0.392 e. The number of halogens is 1. The zero-order valence-corrected chi connectivity index (χ0v) is 12.1. The monoisotopic (exact) mass is 284 g/mol. The Morgan fingerprint density at radius 3 is 2.67 bits per heavy atom. The Morgan fingerprint density at radius 2 is 2.17 bits per heavy atom. The van der Waals surface area contributed by atoms with Crippen molar-refractivity contribution in [2.45, 2.75) is 20.3 Å². The molecule has 0 aromatic heterocycles. The van der Waals surface area contributed by atoms with Crippen molar-refractivity contribution in [3.05, 3.63) is 34.3 Å². The van der Waals surface area contributed by atoms with Crippen molar-refractivity contribution in [2.24, 2.45) is 5.73 Å². The molecule has 18 heavy (non-hydrogen) atoms.